The molecule has 1 fully saturated rings. The number of nitrogens with two attached hydrogens (primary N) is 1. The number of hydrogen-bond donors (Lipinski definition) is 1. The van der Waals surface area contributed by atoms with Gasteiger partial charge in [-0.3, -0.25) is 0 Å². The zero-order chi connectivity index (χ0) is 14.0. The van der Waals surface area contributed by atoms with Crippen molar-refractivity contribution >= 4 is 0 Å². The van der Waals surface area contributed by atoms with E-state index in [0.717, 1.165) is 12.3 Å². The number of hydrogen-bond acceptors (Lipinski definition) is 1. The van der Waals surface area contributed by atoms with Crippen LogP contribution < -0.4 is 5.73 Å². The lowest BCUT2D eigenvalue weighted by molar-refractivity contribution is 0.452. The van der Waals surface area contributed by atoms with E-state index in [0.29, 0.717) is 0 Å². The molecule has 2 rings (SSSR count). The predicted molar refractivity (Wildman–Crippen MR) is 83.5 cm³/mol. The zero-order valence-corrected chi connectivity index (χ0v) is 13.1. The van der Waals surface area contributed by atoms with Crippen molar-refractivity contribution in [3.8, 4) is 0 Å². The third kappa shape index (κ3) is 3.20. The van der Waals surface area contributed by atoms with Crippen LogP contribution in [0.3, 0.4) is 0 Å². The Balaban J connectivity index is 2.11. The van der Waals surface area contributed by atoms with E-state index in [2.05, 4.69) is 33.8 Å². The van der Waals surface area contributed by atoms with Crippen LogP contribution in [0.15, 0.2) is 6.07 Å². The minimum Gasteiger partial charge on any atom is -0.324 e. The summed E-state index contributed by atoms with van der Waals surface area (Å²) in [5.74, 6) is 0.942. The van der Waals surface area contributed by atoms with Crippen LogP contribution in [0.1, 0.15) is 72.4 Å². The van der Waals surface area contributed by atoms with Gasteiger partial charge >= 0.3 is 0 Å². The molecular weight excluding hydrogens is 230 g/mol. The fraction of sp³-hybridized carbons (Fsp3) is 0.667. The number of benzene rings is 1. The van der Waals surface area contributed by atoms with Crippen molar-refractivity contribution in [1.29, 1.82) is 0 Å². The van der Waals surface area contributed by atoms with Crippen LogP contribution >= 0.6 is 0 Å². The summed E-state index contributed by atoms with van der Waals surface area (Å²) in [5.41, 5.74) is 13.5. The maximum atomic E-state index is 6.51. The van der Waals surface area contributed by atoms with Gasteiger partial charge in [0.15, 0.2) is 0 Å². The second kappa shape index (κ2) is 6.09. The molecule has 0 radical (unpaired) electrons. The van der Waals surface area contributed by atoms with Crippen molar-refractivity contribution in [2.45, 2.75) is 72.3 Å². The smallest absolute Gasteiger partial charge is 0.0300 e. The molecule has 0 spiro atoms. The Morgan fingerprint density at radius 3 is 2.11 bits per heavy atom. The minimum atomic E-state index is 0.221. The highest BCUT2D eigenvalue weighted by Crippen LogP contribution is 2.33. The van der Waals surface area contributed by atoms with Crippen molar-refractivity contribution in [2.24, 2.45) is 11.7 Å². The third-order valence-corrected chi connectivity index (χ3v) is 5.16. The molecule has 1 saturated carbocycles. The van der Waals surface area contributed by atoms with Gasteiger partial charge < -0.3 is 5.73 Å². The van der Waals surface area contributed by atoms with Crippen LogP contribution in [0.25, 0.3) is 0 Å². The normalized spacial score (nSPS) is 17.9. The van der Waals surface area contributed by atoms with E-state index in [9.17, 15) is 0 Å². The maximum Gasteiger partial charge on any atom is 0.0300 e. The standard InChI is InChI=1S/C18H29N/c1-12-11-13(2)15(4)18(14(12)3)17(19)10-9-16-7-5-6-8-16/h11,16-17H,5-10,19H2,1-4H3. The number of rotatable bonds is 4. The van der Waals surface area contributed by atoms with Gasteiger partial charge in [0.2, 0.25) is 0 Å². The molecule has 0 bridgehead atoms. The van der Waals surface area contributed by atoms with Gasteiger partial charge in [0.1, 0.15) is 0 Å². The second-order valence-electron chi connectivity index (χ2n) is 6.51. The van der Waals surface area contributed by atoms with Crippen LogP contribution in [0.5, 0.6) is 0 Å². The first-order valence-corrected chi connectivity index (χ1v) is 7.83. The van der Waals surface area contributed by atoms with Crippen molar-refractivity contribution in [2.75, 3.05) is 0 Å². The molecular formula is C18H29N. The Hall–Kier alpha value is -0.820. The molecule has 0 amide bonds. The highest BCUT2D eigenvalue weighted by molar-refractivity contribution is 5.45. The summed E-state index contributed by atoms with van der Waals surface area (Å²) in [7, 11) is 0. The van der Waals surface area contributed by atoms with E-state index in [1.807, 2.05) is 0 Å². The Kier molecular flexibility index (Phi) is 4.67. The molecule has 1 unspecified atom stereocenters. The SMILES string of the molecule is Cc1cc(C)c(C)c(C(N)CCC2CCCC2)c1C. The van der Waals surface area contributed by atoms with E-state index >= 15 is 0 Å². The summed E-state index contributed by atoms with van der Waals surface area (Å²) >= 11 is 0. The van der Waals surface area contributed by atoms with Crippen LogP contribution in [-0.2, 0) is 0 Å². The summed E-state index contributed by atoms with van der Waals surface area (Å²) in [4.78, 5) is 0. The fourth-order valence-electron chi connectivity index (χ4n) is 3.66. The highest BCUT2D eigenvalue weighted by Gasteiger charge is 2.19. The minimum absolute atomic E-state index is 0.221. The molecule has 1 nitrogen and oxygen atoms in total. The van der Waals surface area contributed by atoms with Gasteiger partial charge in [-0.25, -0.2) is 0 Å². The van der Waals surface area contributed by atoms with Crippen molar-refractivity contribution < 1.29 is 0 Å². The molecule has 1 aliphatic rings. The topological polar surface area (TPSA) is 26.0 Å². The molecule has 106 valence electrons. The van der Waals surface area contributed by atoms with Crippen LogP contribution in [0.4, 0.5) is 0 Å². The Morgan fingerprint density at radius 2 is 1.58 bits per heavy atom. The summed E-state index contributed by atoms with van der Waals surface area (Å²) < 4.78 is 0. The summed E-state index contributed by atoms with van der Waals surface area (Å²) in [6.45, 7) is 8.86. The van der Waals surface area contributed by atoms with E-state index in [1.165, 1.54) is 59.9 Å². The van der Waals surface area contributed by atoms with E-state index < -0.39 is 0 Å². The Labute approximate surface area is 118 Å². The quantitative estimate of drug-likeness (QED) is 0.818. The van der Waals surface area contributed by atoms with Gasteiger partial charge in [0.05, 0.1) is 0 Å². The van der Waals surface area contributed by atoms with E-state index in [-0.39, 0.29) is 6.04 Å². The molecule has 2 N–H and O–H groups in total. The maximum absolute atomic E-state index is 6.51. The predicted octanol–water partition coefficient (Wildman–Crippen LogP) is 4.89. The Morgan fingerprint density at radius 1 is 1.05 bits per heavy atom. The molecule has 1 aromatic rings. The van der Waals surface area contributed by atoms with E-state index in [4.69, 9.17) is 5.73 Å². The first-order valence-electron chi connectivity index (χ1n) is 7.83. The van der Waals surface area contributed by atoms with Gasteiger partial charge in [-0.2, -0.15) is 0 Å². The van der Waals surface area contributed by atoms with Gasteiger partial charge in [0.25, 0.3) is 0 Å². The van der Waals surface area contributed by atoms with Crippen molar-refractivity contribution in [1.82, 2.24) is 0 Å². The lowest BCUT2D eigenvalue weighted by atomic mass is 9.87. The largest absolute Gasteiger partial charge is 0.324 e. The summed E-state index contributed by atoms with van der Waals surface area (Å²) in [6.07, 6.45) is 8.18. The van der Waals surface area contributed by atoms with Crippen LogP contribution in [0, 0.1) is 33.6 Å². The number of aryl methyl sites for hydroxylation is 2. The first kappa shape index (κ1) is 14.6. The van der Waals surface area contributed by atoms with Crippen LogP contribution in [0.2, 0.25) is 0 Å². The summed E-state index contributed by atoms with van der Waals surface area (Å²) in [5, 5.41) is 0. The third-order valence-electron chi connectivity index (χ3n) is 5.16. The average molecular weight is 259 g/mol. The molecule has 0 saturated heterocycles. The molecule has 0 aliphatic heterocycles. The van der Waals surface area contributed by atoms with Crippen molar-refractivity contribution in [3.05, 3.63) is 33.9 Å². The average Bonchev–Trinajstić information content (AvgIpc) is 2.87. The molecule has 0 aromatic heterocycles. The fourth-order valence-corrected chi connectivity index (χ4v) is 3.66. The van der Waals surface area contributed by atoms with E-state index in [1.54, 1.807) is 0 Å². The first-order chi connectivity index (χ1) is 9.00. The van der Waals surface area contributed by atoms with Crippen molar-refractivity contribution in [3.63, 3.8) is 0 Å². The molecule has 1 atom stereocenters. The van der Waals surface area contributed by atoms with Gasteiger partial charge in [-0.15, -0.1) is 0 Å². The molecule has 1 heteroatoms. The second-order valence-corrected chi connectivity index (χ2v) is 6.51. The molecule has 1 aliphatic carbocycles. The van der Waals surface area contributed by atoms with Gasteiger partial charge in [-0.05, 0) is 74.3 Å². The van der Waals surface area contributed by atoms with Gasteiger partial charge in [0, 0.05) is 6.04 Å². The molecule has 0 heterocycles. The summed E-state index contributed by atoms with van der Waals surface area (Å²) in [6, 6.07) is 2.51. The lowest BCUT2D eigenvalue weighted by Gasteiger charge is -2.22. The lowest BCUT2D eigenvalue weighted by Crippen LogP contribution is -2.16. The highest BCUT2D eigenvalue weighted by atomic mass is 14.6. The van der Waals surface area contributed by atoms with Gasteiger partial charge in [-0.1, -0.05) is 31.7 Å². The monoisotopic (exact) mass is 259 g/mol. The van der Waals surface area contributed by atoms with Crippen LogP contribution in [-0.4, -0.2) is 0 Å². The Bertz CT molecular complexity index is 415. The molecule has 19 heavy (non-hydrogen) atoms. The zero-order valence-electron chi connectivity index (χ0n) is 13.1. The molecule has 1 aromatic carbocycles.